The first-order valence-corrected chi connectivity index (χ1v) is 5.26. The second-order valence-electron chi connectivity index (χ2n) is 3.48. The minimum absolute atomic E-state index is 0.0105. The number of pyridine rings is 1. The molecule has 2 rings (SSSR count). The highest BCUT2D eigenvalue weighted by atomic mass is 16.6. The van der Waals surface area contributed by atoms with Gasteiger partial charge in [0.1, 0.15) is 0 Å². The van der Waals surface area contributed by atoms with E-state index < -0.39 is 4.92 Å². The van der Waals surface area contributed by atoms with Gasteiger partial charge in [0.15, 0.2) is 0 Å². The molecule has 0 saturated carbocycles. The molecule has 0 unspecified atom stereocenters. The third-order valence-corrected chi connectivity index (χ3v) is 2.38. The molecule has 19 heavy (non-hydrogen) atoms. The molecule has 1 aromatic carbocycles. The Bertz CT molecular complexity index is 754. The Morgan fingerprint density at radius 1 is 1.47 bits per heavy atom. The van der Waals surface area contributed by atoms with E-state index in [9.17, 15) is 10.1 Å². The molecule has 0 spiro atoms. The predicted octanol–water partition coefficient (Wildman–Crippen LogP) is 2.80. The van der Waals surface area contributed by atoms with Gasteiger partial charge in [-0.15, -0.1) is 0 Å². The molecule has 2 aromatic rings. The maximum atomic E-state index is 10.9. The minimum Gasteiger partial charge on any atom is -0.258 e. The van der Waals surface area contributed by atoms with Crippen LogP contribution in [0.3, 0.4) is 0 Å². The summed E-state index contributed by atoms with van der Waals surface area (Å²) in [6, 6.07) is 6.18. The van der Waals surface area contributed by atoms with Gasteiger partial charge in [-0.1, -0.05) is 17.0 Å². The third-order valence-electron chi connectivity index (χ3n) is 2.38. The summed E-state index contributed by atoms with van der Waals surface area (Å²) in [5.74, 6) is 5.45. The Kier molecular flexibility index (Phi) is 3.57. The zero-order valence-corrected chi connectivity index (χ0v) is 9.65. The molecular formula is C12H7N5O2. The predicted molar refractivity (Wildman–Crippen MR) is 69.3 cm³/mol. The minimum atomic E-state index is -0.457. The van der Waals surface area contributed by atoms with Crippen LogP contribution < -0.4 is 0 Å². The Morgan fingerprint density at radius 3 is 3.05 bits per heavy atom. The van der Waals surface area contributed by atoms with E-state index in [1.807, 2.05) is 0 Å². The van der Waals surface area contributed by atoms with E-state index in [0.29, 0.717) is 16.5 Å². The van der Waals surface area contributed by atoms with E-state index in [-0.39, 0.29) is 12.2 Å². The lowest BCUT2D eigenvalue weighted by molar-refractivity contribution is -0.383. The zero-order chi connectivity index (χ0) is 13.7. The van der Waals surface area contributed by atoms with Crippen molar-refractivity contribution in [2.75, 3.05) is 6.54 Å². The number of hydrogen-bond donors (Lipinski definition) is 0. The second-order valence-corrected chi connectivity index (χ2v) is 3.48. The topological polar surface area (TPSA) is 105 Å². The molecule has 0 bridgehead atoms. The molecule has 0 aliphatic carbocycles. The lowest BCUT2D eigenvalue weighted by Crippen LogP contribution is -1.92. The van der Waals surface area contributed by atoms with Crippen LogP contribution in [-0.4, -0.2) is 16.5 Å². The number of benzene rings is 1. The largest absolute Gasteiger partial charge is 0.278 e. The van der Waals surface area contributed by atoms with Crippen molar-refractivity contribution >= 4 is 16.6 Å². The van der Waals surface area contributed by atoms with E-state index in [4.69, 9.17) is 5.53 Å². The van der Waals surface area contributed by atoms with Gasteiger partial charge in [0.25, 0.3) is 5.69 Å². The SMILES string of the molecule is [N-]=[N+]=NCC#Cc1ccc([N+](=O)[O-])c2cccnc12. The number of fused-ring (bicyclic) bond motifs is 1. The Labute approximate surface area is 107 Å². The molecule has 7 nitrogen and oxygen atoms in total. The highest BCUT2D eigenvalue weighted by molar-refractivity contribution is 5.92. The van der Waals surface area contributed by atoms with Crippen LogP contribution in [0.5, 0.6) is 0 Å². The Morgan fingerprint density at radius 2 is 2.32 bits per heavy atom. The van der Waals surface area contributed by atoms with Crippen molar-refractivity contribution in [1.29, 1.82) is 0 Å². The van der Waals surface area contributed by atoms with Crippen molar-refractivity contribution in [1.82, 2.24) is 4.98 Å². The van der Waals surface area contributed by atoms with E-state index in [2.05, 4.69) is 26.9 Å². The van der Waals surface area contributed by atoms with Gasteiger partial charge in [-0.25, -0.2) is 0 Å². The molecular weight excluding hydrogens is 246 g/mol. The van der Waals surface area contributed by atoms with E-state index in [0.717, 1.165) is 0 Å². The van der Waals surface area contributed by atoms with Crippen LogP contribution in [0, 0.1) is 22.0 Å². The fourth-order valence-corrected chi connectivity index (χ4v) is 1.62. The second kappa shape index (κ2) is 5.49. The zero-order valence-electron chi connectivity index (χ0n) is 9.65. The summed E-state index contributed by atoms with van der Waals surface area (Å²) in [6.07, 6.45) is 1.55. The summed E-state index contributed by atoms with van der Waals surface area (Å²) in [5.41, 5.74) is 9.15. The number of nitro benzene ring substituents is 1. The molecule has 0 fully saturated rings. The molecule has 0 amide bonds. The number of rotatable bonds is 2. The summed E-state index contributed by atoms with van der Waals surface area (Å²) >= 11 is 0. The molecule has 0 N–H and O–H groups in total. The lowest BCUT2D eigenvalue weighted by Gasteiger charge is -2.00. The lowest BCUT2D eigenvalue weighted by atomic mass is 10.1. The molecule has 1 aromatic heterocycles. The standard InChI is InChI=1S/C12H7N5O2/c13-16-15-8-1-3-9-5-6-11(17(18)19)10-4-2-7-14-12(9)10/h2,4-7H,8H2. The monoisotopic (exact) mass is 253 g/mol. The number of aromatic nitrogens is 1. The highest BCUT2D eigenvalue weighted by Crippen LogP contribution is 2.26. The van der Waals surface area contributed by atoms with Crippen LogP contribution in [0.4, 0.5) is 5.69 Å². The quantitative estimate of drug-likeness (QED) is 0.205. The molecule has 0 aliphatic heterocycles. The average Bonchev–Trinajstić information content (AvgIpc) is 2.43. The van der Waals surface area contributed by atoms with Gasteiger partial charge in [-0.3, -0.25) is 15.1 Å². The average molecular weight is 253 g/mol. The van der Waals surface area contributed by atoms with Crippen molar-refractivity contribution in [3.8, 4) is 11.8 Å². The van der Waals surface area contributed by atoms with Crippen molar-refractivity contribution in [2.45, 2.75) is 0 Å². The molecule has 7 heteroatoms. The third kappa shape index (κ3) is 2.60. The number of nitrogens with zero attached hydrogens (tertiary/aromatic N) is 5. The van der Waals surface area contributed by atoms with Crippen molar-refractivity contribution in [3.05, 3.63) is 56.6 Å². The van der Waals surface area contributed by atoms with Crippen LogP contribution in [0.15, 0.2) is 35.6 Å². The summed E-state index contributed by atoms with van der Waals surface area (Å²) in [5, 5.41) is 14.6. The normalized spacial score (nSPS) is 9.26. The number of nitro groups is 1. The van der Waals surface area contributed by atoms with Crippen LogP contribution >= 0.6 is 0 Å². The number of azide groups is 1. The first-order valence-electron chi connectivity index (χ1n) is 5.26. The van der Waals surface area contributed by atoms with Gasteiger partial charge in [-0.05, 0) is 23.7 Å². The molecule has 0 aliphatic rings. The number of non-ortho nitro benzene ring substituents is 1. The summed E-state index contributed by atoms with van der Waals surface area (Å²) in [7, 11) is 0. The molecule has 1 heterocycles. The number of hydrogen-bond acceptors (Lipinski definition) is 4. The molecule has 92 valence electrons. The van der Waals surface area contributed by atoms with Crippen LogP contribution in [-0.2, 0) is 0 Å². The smallest absolute Gasteiger partial charge is 0.258 e. The van der Waals surface area contributed by atoms with Gasteiger partial charge < -0.3 is 0 Å². The summed E-state index contributed by atoms with van der Waals surface area (Å²) in [6.45, 7) is 0.0435. The summed E-state index contributed by atoms with van der Waals surface area (Å²) < 4.78 is 0. The highest BCUT2D eigenvalue weighted by Gasteiger charge is 2.13. The fraction of sp³-hybridized carbons (Fsp3) is 0.0833. The van der Waals surface area contributed by atoms with E-state index >= 15 is 0 Å². The van der Waals surface area contributed by atoms with Gasteiger partial charge in [0.05, 0.1) is 27.9 Å². The maximum absolute atomic E-state index is 10.9. The van der Waals surface area contributed by atoms with Crippen LogP contribution in [0.25, 0.3) is 21.3 Å². The molecule has 0 atom stereocenters. The van der Waals surface area contributed by atoms with Crippen LogP contribution in [0.2, 0.25) is 0 Å². The fourth-order valence-electron chi connectivity index (χ4n) is 1.62. The van der Waals surface area contributed by atoms with E-state index in [1.54, 1.807) is 18.3 Å². The summed E-state index contributed by atoms with van der Waals surface area (Å²) in [4.78, 5) is 17.2. The first-order chi connectivity index (χ1) is 9.24. The van der Waals surface area contributed by atoms with Crippen LogP contribution in [0.1, 0.15) is 5.56 Å². The maximum Gasteiger partial charge on any atom is 0.278 e. The first kappa shape index (κ1) is 12.4. The van der Waals surface area contributed by atoms with Crippen molar-refractivity contribution in [2.24, 2.45) is 5.11 Å². The van der Waals surface area contributed by atoms with Gasteiger partial charge in [-0.2, -0.15) is 0 Å². The Balaban J connectivity index is 2.57. The Hall–Kier alpha value is -3.10. The molecule has 0 saturated heterocycles. The van der Waals surface area contributed by atoms with E-state index in [1.165, 1.54) is 12.1 Å². The van der Waals surface area contributed by atoms with Gasteiger partial charge in [0, 0.05) is 17.2 Å². The van der Waals surface area contributed by atoms with Crippen molar-refractivity contribution in [3.63, 3.8) is 0 Å². The molecule has 0 radical (unpaired) electrons. The van der Waals surface area contributed by atoms with Crippen molar-refractivity contribution < 1.29 is 4.92 Å². The van der Waals surface area contributed by atoms with Gasteiger partial charge >= 0.3 is 0 Å². The van der Waals surface area contributed by atoms with Gasteiger partial charge in [0.2, 0.25) is 0 Å².